The van der Waals surface area contributed by atoms with E-state index in [1.54, 1.807) is 36.7 Å². The molecule has 0 radical (unpaired) electrons. The number of methoxy groups -OCH3 is 1. The number of carboxylic acid groups (broad SMARTS) is 1. The highest BCUT2D eigenvalue weighted by Crippen LogP contribution is 2.31. The predicted octanol–water partition coefficient (Wildman–Crippen LogP) is 8.37. The third-order valence-electron chi connectivity index (χ3n) is 5.57. The molecular formula is C33H39NO5S. The molecule has 6 nitrogen and oxygen atoms in total. The van der Waals surface area contributed by atoms with E-state index in [4.69, 9.17) is 24.3 Å². The third kappa shape index (κ3) is 10.2. The molecule has 0 atom stereocenters. The molecule has 0 aliphatic heterocycles. The Morgan fingerprint density at radius 2 is 1.80 bits per heavy atom. The molecule has 0 spiro atoms. The van der Waals surface area contributed by atoms with Gasteiger partial charge >= 0.3 is 5.97 Å². The summed E-state index contributed by atoms with van der Waals surface area (Å²) < 4.78 is 16.6. The summed E-state index contributed by atoms with van der Waals surface area (Å²) in [5.74, 6) is 0.964. The Balaban J connectivity index is 0.00000274. The van der Waals surface area contributed by atoms with E-state index in [-0.39, 0.29) is 6.61 Å². The summed E-state index contributed by atoms with van der Waals surface area (Å²) in [4.78, 5) is 16.8. The van der Waals surface area contributed by atoms with Crippen LogP contribution < -0.4 is 14.2 Å². The molecule has 1 N–H and O–H groups in total. The normalized spacial score (nSPS) is 11.3. The Hall–Kier alpha value is -4.10. The maximum Gasteiger partial charge on any atom is 0.341 e. The second kappa shape index (κ2) is 17.5. The van der Waals surface area contributed by atoms with E-state index in [1.807, 2.05) is 57.2 Å². The molecular weight excluding hydrogens is 522 g/mol. The summed E-state index contributed by atoms with van der Waals surface area (Å²) in [5.41, 5.74) is 3.98. The highest BCUT2D eigenvalue weighted by Gasteiger charge is 2.14. The van der Waals surface area contributed by atoms with Crippen LogP contribution in [-0.4, -0.2) is 29.8 Å². The molecule has 0 unspecified atom stereocenters. The first-order chi connectivity index (χ1) is 19.4. The standard InChI is InChI=1S/C31H33NO5S.C2H6/c1-5-7-10-23(6-2)11-8-9-12-28-31(24-13-15-25(35-4)16-14-24)32-29(38-28)20-36-26-17-18-27(22(3)19-26)37-21-30(33)34;1-2/h5,7-11,13-19H,1,6,12,20-21H2,2-4H3,(H,33,34);1-2H3/b9-8-,10-7-,23-11+;. The molecule has 1 aromatic heterocycles. The Kier molecular flexibility index (Phi) is 14.0. The summed E-state index contributed by atoms with van der Waals surface area (Å²) in [5, 5.41) is 9.69. The van der Waals surface area contributed by atoms with E-state index in [1.165, 1.54) is 5.57 Å². The van der Waals surface area contributed by atoms with Crippen LogP contribution in [-0.2, 0) is 17.8 Å². The van der Waals surface area contributed by atoms with Crippen LogP contribution in [0.1, 0.15) is 42.6 Å². The van der Waals surface area contributed by atoms with E-state index in [0.717, 1.165) is 45.3 Å². The Morgan fingerprint density at radius 3 is 2.42 bits per heavy atom. The van der Waals surface area contributed by atoms with E-state index in [2.05, 4.69) is 37.8 Å². The molecule has 3 aromatic rings. The molecule has 7 heteroatoms. The number of carboxylic acids is 1. The molecule has 212 valence electrons. The molecule has 0 saturated carbocycles. The van der Waals surface area contributed by atoms with Crippen molar-refractivity contribution in [2.75, 3.05) is 13.7 Å². The molecule has 2 aromatic carbocycles. The maximum absolute atomic E-state index is 10.8. The van der Waals surface area contributed by atoms with Crippen molar-refractivity contribution in [3.05, 3.63) is 107 Å². The highest BCUT2D eigenvalue weighted by molar-refractivity contribution is 7.12. The molecule has 0 amide bonds. The molecule has 0 aliphatic rings. The van der Waals surface area contributed by atoms with Gasteiger partial charge in [0.2, 0.25) is 0 Å². The lowest BCUT2D eigenvalue weighted by atomic mass is 10.1. The number of carbonyl (C=O) groups is 1. The molecule has 0 aliphatic carbocycles. The lowest BCUT2D eigenvalue weighted by Gasteiger charge is -2.09. The van der Waals surface area contributed by atoms with E-state index in [9.17, 15) is 4.79 Å². The zero-order valence-electron chi connectivity index (χ0n) is 24.0. The Morgan fingerprint density at radius 1 is 1.07 bits per heavy atom. The highest BCUT2D eigenvalue weighted by atomic mass is 32.1. The minimum Gasteiger partial charge on any atom is -0.497 e. The molecule has 0 bridgehead atoms. The fourth-order valence-electron chi connectivity index (χ4n) is 3.58. The van der Waals surface area contributed by atoms with Crippen molar-refractivity contribution in [3.8, 4) is 28.5 Å². The number of ether oxygens (including phenoxy) is 3. The minimum atomic E-state index is -1.02. The van der Waals surface area contributed by atoms with Gasteiger partial charge in [0.25, 0.3) is 0 Å². The zero-order chi connectivity index (χ0) is 29.3. The number of benzene rings is 2. The number of hydrogen-bond acceptors (Lipinski definition) is 6. The first-order valence-corrected chi connectivity index (χ1v) is 14.1. The van der Waals surface area contributed by atoms with Crippen molar-refractivity contribution in [2.24, 2.45) is 0 Å². The van der Waals surface area contributed by atoms with Crippen molar-refractivity contribution in [1.82, 2.24) is 4.98 Å². The van der Waals surface area contributed by atoms with Gasteiger partial charge in [-0.05, 0) is 66.9 Å². The largest absolute Gasteiger partial charge is 0.497 e. The summed E-state index contributed by atoms with van der Waals surface area (Å²) in [6, 6.07) is 13.2. The van der Waals surface area contributed by atoms with E-state index >= 15 is 0 Å². The van der Waals surface area contributed by atoms with Crippen LogP contribution in [0.15, 0.2) is 91.1 Å². The van der Waals surface area contributed by atoms with E-state index < -0.39 is 5.97 Å². The lowest BCUT2D eigenvalue weighted by molar-refractivity contribution is -0.139. The summed E-state index contributed by atoms with van der Waals surface area (Å²) >= 11 is 1.62. The third-order valence-corrected chi connectivity index (χ3v) is 6.62. The second-order valence-electron chi connectivity index (χ2n) is 8.33. The van der Waals surface area contributed by atoms with Gasteiger partial charge in [0.05, 0.1) is 12.8 Å². The summed E-state index contributed by atoms with van der Waals surface area (Å²) in [6.07, 6.45) is 13.8. The van der Waals surface area contributed by atoms with Crippen LogP contribution in [0.4, 0.5) is 0 Å². The van der Waals surface area contributed by atoms with Crippen LogP contribution >= 0.6 is 11.3 Å². The predicted molar refractivity (Wildman–Crippen MR) is 165 cm³/mol. The van der Waals surface area contributed by atoms with Crippen LogP contribution in [0.25, 0.3) is 11.3 Å². The number of nitrogens with zero attached hydrogens (tertiary/aromatic N) is 1. The van der Waals surface area contributed by atoms with Gasteiger partial charge in [-0.3, -0.25) is 0 Å². The Labute approximate surface area is 242 Å². The van der Waals surface area contributed by atoms with Crippen molar-refractivity contribution < 1.29 is 24.1 Å². The average Bonchev–Trinajstić information content (AvgIpc) is 3.39. The molecule has 40 heavy (non-hydrogen) atoms. The van der Waals surface area contributed by atoms with Crippen LogP contribution in [0, 0.1) is 6.92 Å². The van der Waals surface area contributed by atoms with Gasteiger partial charge in [-0.1, -0.05) is 63.8 Å². The average molecular weight is 562 g/mol. The fourth-order valence-corrected chi connectivity index (χ4v) is 4.56. The van der Waals surface area contributed by atoms with Crippen LogP contribution in [0.3, 0.4) is 0 Å². The van der Waals surface area contributed by atoms with Crippen molar-refractivity contribution in [3.63, 3.8) is 0 Å². The van der Waals surface area contributed by atoms with Crippen molar-refractivity contribution in [1.29, 1.82) is 0 Å². The van der Waals surface area contributed by atoms with Crippen molar-refractivity contribution >= 4 is 17.3 Å². The number of allylic oxidation sites excluding steroid dienone is 7. The molecule has 3 rings (SSSR count). The summed E-state index contributed by atoms with van der Waals surface area (Å²) in [6.45, 7) is 11.6. The van der Waals surface area contributed by atoms with E-state index in [0.29, 0.717) is 18.1 Å². The maximum atomic E-state index is 10.8. The molecule has 1 heterocycles. The monoisotopic (exact) mass is 561 g/mol. The van der Waals surface area contributed by atoms with Crippen LogP contribution in [0.2, 0.25) is 0 Å². The second-order valence-corrected chi connectivity index (χ2v) is 9.50. The first kappa shape index (κ1) is 32.1. The van der Waals surface area contributed by atoms with Gasteiger partial charge in [0, 0.05) is 16.9 Å². The van der Waals surface area contributed by atoms with Gasteiger partial charge < -0.3 is 19.3 Å². The SMILES string of the molecule is C=C\C=C/C(=C/C=C\Cc1sc(COc2ccc(OCC(=O)O)c(C)c2)nc1-c1ccc(OC)cc1)CC.CC. The number of hydrogen-bond donors (Lipinski definition) is 1. The number of aromatic nitrogens is 1. The van der Waals surface area contributed by atoms with Gasteiger partial charge in [0.15, 0.2) is 6.61 Å². The number of rotatable bonds is 14. The molecule has 0 fully saturated rings. The lowest BCUT2D eigenvalue weighted by Crippen LogP contribution is -2.10. The van der Waals surface area contributed by atoms with Gasteiger partial charge in [0.1, 0.15) is 28.9 Å². The molecule has 0 saturated heterocycles. The zero-order valence-corrected chi connectivity index (χ0v) is 24.8. The van der Waals surface area contributed by atoms with Crippen molar-refractivity contribution in [2.45, 2.75) is 47.1 Å². The first-order valence-electron chi connectivity index (χ1n) is 13.3. The topological polar surface area (TPSA) is 77.9 Å². The smallest absolute Gasteiger partial charge is 0.341 e. The van der Waals surface area contributed by atoms with Gasteiger partial charge in [-0.25, -0.2) is 9.78 Å². The van der Waals surface area contributed by atoms with Gasteiger partial charge in [-0.2, -0.15) is 0 Å². The number of aliphatic carboxylic acids is 1. The number of thiazole rings is 1. The minimum absolute atomic E-state index is 0.318. The van der Waals surface area contributed by atoms with Crippen LogP contribution in [0.5, 0.6) is 17.2 Å². The quantitative estimate of drug-likeness (QED) is 0.199. The Bertz CT molecular complexity index is 1320. The number of aryl methyl sites for hydroxylation is 1. The van der Waals surface area contributed by atoms with Gasteiger partial charge in [-0.15, -0.1) is 11.3 Å². The summed E-state index contributed by atoms with van der Waals surface area (Å²) in [7, 11) is 1.65. The fraction of sp³-hybridized carbons (Fsp3) is 0.273.